The van der Waals surface area contributed by atoms with Crippen LogP contribution in [0.15, 0.2) is 15.3 Å². The van der Waals surface area contributed by atoms with Crippen LogP contribution < -0.4 is 4.72 Å². The van der Waals surface area contributed by atoms with Gasteiger partial charge in [-0.15, -0.1) is 11.3 Å². The van der Waals surface area contributed by atoms with Gasteiger partial charge >= 0.3 is 0 Å². The van der Waals surface area contributed by atoms with Crippen molar-refractivity contribution in [3.8, 4) is 0 Å². The predicted octanol–water partition coefficient (Wildman–Crippen LogP) is 4.14. The van der Waals surface area contributed by atoms with Gasteiger partial charge in [0.15, 0.2) is 5.17 Å². The normalized spacial score (nSPS) is 15.0. The van der Waals surface area contributed by atoms with Crippen LogP contribution in [0.1, 0.15) is 13.8 Å². The van der Waals surface area contributed by atoms with Gasteiger partial charge in [-0.3, -0.25) is 0 Å². The summed E-state index contributed by atoms with van der Waals surface area (Å²) in [6.07, 6.45) is 0. The number of aliphatic imine (C=N–C) groups is 1. The van der Waals surface area contributed by atoms with Gasteiger partial charge in [-0.2, -0.15) is 0 Å². The smallest absolute Gasteiger partial charge is 0.172 e. The Balaban J connectivity index is 2.21. The van der Waals surface area contributed by atoms with Crippen LogP contribution in [-0.2, 0) is 0 Å². The largest absolute Gasteiger partial charge is 0.304 e. The highest BCUT2D eigenvalue weighted by molar-refractivity contribution is 8.16. The third-order valence-corrected chi connectivity index (χ3v) is 4.71. The molecule has 1 aliphatic rings. The molecule has 2 nitrogen and oxygen atoms in total. The lowest BCUT2D eigenvalue weighted by atomic mass is 10.5. The molecule has 0 unspecified atom stereocenters. The van der Waals surface area contributed by atoms with Crippen LogP contribution in [0.25, 0.3) is 0 Å². The molecule has 0 saturated carbocycles. The predicted molar refractivity (Wildman–Crippen MR) is 68.1 cm³/mol. The number of thiophene rings is 1. The van der Waals surface area contributed by atoms with Crippen molar-refractivity contribution in [2.75, 3.05) is 0 Å². The molecule has 2 heterocycles. The minimum absolute atomic E-state index is 0.539. The number of thioether (sulfide) groups is 1. The first-order valence-corrected chi connectivity index (χ1v) is 7.02. The lowest BCUT2D eigenvalue weighted by Gasteiger charge is -2.14. The van der Waals surface area contributed by atoms with Crippen molar-refractivity contribution >= 4 is 57.5 Å². The summed E-state index contributed by atoms with van der Waals surface area (Å²) < 4.78 is 5.14. The Labute approximate surface area is 101 Å². The molecule has 1 N–H and O–H groups in total. The monoisotopic (exact) mass is 264 g/mol. The molecule has 14 heavy (non-hydrogen) atoms. The fraction of sp³-hybridized carbons (Fsp3) is 0.375. The first kappa shape index (κ1) is 10.7. The fourth-order valence-corrected chi connectivity index (χ4v) is 3.92. The van der Waals surface area contributed by atoms with E-state index < -0.39 is 0 Å². The summed E-state index contributed by atoms with van der Waals surface area (Å²) in [6, 6.07) is 1.91. The van der Waals surface area contributed by atoms with E-state index >= 15 is 0 Å². The maximum atomic E-state index is 5.91. The lowest BCUT2D eigenvalue weighted by Crippen LogP contribution is -2.15. The topological polar surface area (TPSA) is 24.4 Å². The van der Waals surface area contributed by atoms with Crippen LogP contribution >= 0.6 is 46.6 Å². The summed E-state index contributed by atoms with van der Waals surface area (Å²) in [7, 11) is 0. The van der Waals surface area contributed by atoms with E-state index in [-0.39, 0.29) is 0 Å². The highest BCUT2D eigenvalue weighted by Crippen LogP contribution is 2.42. The van der Waals surface area contributed by atoms with Gasteiger partial charge in [-0.05, 0) is 18.0 Å². The molecule has 0 aromatic carbocycles. The molecule has 0 radical (unpaired) electrons. The summed E-state index contributed by atoms with van der Waals surface area (Å²) in [5, 5.41) is 1.50. The second-order valence-corrected chi connectivity index (χ2v) is 7.33. The number of nitrogens with one attached hydrogen (secondary N) is 1. The van der Waals surface area contributed by atoms with Crippen LogP contribution in [0.4, 0.5) is 5.69 Å². The van der Waals surface area contributed by atoms with Crippen molar-refractivity contribution in [3.05, 3.63) is 10.4 Å². The quantitative estimate of drug-likeness (QED) is 0.772. The van der Waals surface area contributed by atoms with E-state index in [4.69, 9.17) is 11.6 Å². The number of halogens is 1. The maximum Gasteiger partial charge on any atom is 0.172 e. The zero-order valence-corrected chi connectivity index (χ0v) is 10.9. The highest BCUT2D eigenvalue weighted by atomic mass is 35.5. The first-order valence-electron chi connectivity index (χ1n) is 4.12. The third kappa shape index (κ3) is 2.39. The number of fused-ring (bicyclic) bond motifs is 1. The SMILES string of the molecule is CC(C)SC1=Nc2cc(Cl)sc2SN1. The number of hydrogen-bond acceptors (Lipinski definition) is 5. The summed E-state index contributed by atoms with van der Waals surface area (Å²) in [6.45, 7) is 4.30. The van der Waals surface area contributed by atoms with E-state index in [9.17, 15) is 0 Å². The Morgan fingerprint density at radius 2 is 2.36 bits per heavy atom. The van der Waals surface area contributed by atoms with E-state index in [1.807, 2.05) is 6.07 Å². The van der Waals surface area contributed by atoms with Crippen molar-refractivity contribution < 1.29 is 0 Å². The van der Waals surface area contributed by atoms with Crippen molar-refractivity contribution in [2.45, 2.75) is 23.3 Å². The van der Waals surface area contributed by atoms with Crippen LogP contribution in [0.3, 0.4) is 0 Å². The average molecular weight is 265 g/mol. The van der Waals surface area contributed by atoms with Crippen molar-refractivity contribution in [2.24, 2.45) is 4.99 Å². The van der Waals surface area contributed by atoms with Gasteiger partial charge in [0.05, 0.1) is 10.0 Å². The van der Waals surface area contributed by atoms with E-state index in [1.54, 1.807) is 35.0 Å². The molecule has 1 aromatic heterocycles. The molecular formula is C8H9ClN2S3. The second-order valence-electron chi connectivity index (χ2n) is 3.01. The van der Waals surface area contributed by atoms with Gasteiger partial charge in [0.2, 0.25) is 0 Å². The number of amidine groups is 1. The Hall–Kier alpha value is 0.160. The van der Waals surface area contributed by atoms with E-state index in [1.165, 1.54) is 0 Å². The maximum absolute atomic E-state index is 5.91. The van der Waals surface area contributed by atoms with Gasteiger partial charge in [-0.25, -0.2) is 4.99 Å². The van der Waals surface area contributed by atoms with E-state index in [2.05, 4.69) is 23.6 Å². The van der Waals surface area contributed by atoms with Crippen LogP contribution in [0, 0.1) is 0 Å². The molecular weight excluding hydrogens is 256 g/mol. The van der Waals surface area contributed by atoms with Gasteiger partial charge in [0, 0.05) is 5.25 Å². The Morgan fingerprint density at radius 1 is 1.57 bits per heavy atom. The zero-order valence-electron chi connectivity index (χ0n) is 7.70. The molecule has 0 saturated heterocycles. The molecule has 1 aromatic rings. The fourth-order valence-electron chi connectivity index (χ4n) is 0.984. The molecule has 0 aliphatic carbocycles. The van der Waals surface area contributed by atoms with Gasteiger partial charge in [0.25, 0.3) is 0 Å². The first-order chi connectivity index (χ1) is 6.65. The summed E-state index contributed by atoms with van der Waals surface area (Å²) in [5.41, 5.74) is 0.993. The average Bonchev–Trinajstić information content (AvgIpc) is 2.42. The molecule has 0 spiro atoms. The second kappa shape index (κ2) is 4.35. The Kier molecular flexibility index (Phi) is 3.31. The van der Waals surface area contributed by atoms with Gasteiger partial charge < -0.3 is 4.72 Å². The minimum atomic E-state index is 0.539. The van der Waals surface area contributed by atoms with Gasteiger partial charge in [-0.1, -0.05) is 37.2 Å². The summed E-state index contributed by atoms with van der Waals surface area (Å²) >= 11 is 10.8. The number of rotatable bonds is 1. The third-order valence-electron chi connectivity index (χ3n) is 1.45. The van der Waals surface area contributed by atoms with E-state index in [0.29, 0.717) is 5.25 Å². The highest BCUT2D eigenvalue weighted by Gasteiger charge is 2.16. The Bertz CT molecular complexity index is 373. The molecule has 0 amide bonds. The van der Waals surface area contributed by atoms with Crippen LogP contribution in [0.2, 0.25) is 4.34 Å². The van der Waals surface area contributed by atoms with E-state index in [0.717, 1.165) is 19.4 Å². The Morgan fingerprint density at radius 3 is 3.07 bits per heavy atom. The molecule has 76 valence electrons. The molecule has 2 rings (SSSR count). The van der Waals surface area contributed by atoms with Crippen LogP contribution in [0.5, 0.6) is 0 Å². The minimum Gasteiger partial charge on any atom is -0.304 e. The summed E-state index contributed by atoms with van der Waals surface area (Å²) in [4.78, 5) is 4.48. The molecule has 0 bridgehead atoms. The zero-order chi connectivity index (χ0) is 10.1. The molecule has 0 atom stereocenters. The molecule has 1 aliphatic heterocycles. The van der Waals surface area contributed by atoms with Crippen molar-refractivity contribution in [1.29, 1.82) is 0 Å². The standard InChI is InChI=1S/C8H9ClN2S3/c1-4(2)12-8-10-5-3-6(9)13-7(5)14-11-8/h3-4H,1-2H3,(H,10,11). The lowest BCUT2D eigenvalue weighted by molar-refractivity contribution is 1.12. The van der Waals surface area contributed by atoms with Gasteiger partial charge in [0.1, 0.15) is 4.21 Å². The molecule has 0 fully saturated rings. The van der Waals surface area contributed by atoms with Crippen molar-refractivity contribution in [1.82, 2.24) is 4.72 Å². The number of hydrogen-bond donors (Lipinski definition) is 1. The number of nitrogens with zero attached hydrogens (tertiary/aromatic N) is 1. The van der Waals surface area contributed by atoms with Crippen LogP contribution in [-0.4, -0.2) is 10.4 Å². The van der Waals surface area contributed by atoms with Crippen molar-refractivity contribution in [3.63, 3.8) is 0 Å². The summed E-state index contributed by atoms with van der Waals surface area (Å²) in [5.74, 6) is 0. The molecule has 6 heteroatoms.